The van der Waals surface area contributed by atoms with E-state index >= 15 is 0 Å². The van der Waals surface area contributed by atoms with Gasteiger partial charge in [-0.3, -0.25) is 14.9 Å². The van der Waals surface area contributed by atoms with Crippen LogP contribution in [0.1, 0.15) is 17.3 Å². The van der Waals surface area contributed by atoms with E-state index in [1.807, 2.05) is 5.32 Å². The van der Waals surface area contributed by atoms with Crippen molar-refractivity contribution in [2.24, 2.45) is 0 Å². The lowest BCUT2D eigenvalue weighted by Gasteiger charge is -2.13. The number of urea groups is 1. The predicted molar refractivity (Wildman–Crippen MR) is 76.9 cm³/mol. The van der Waals surface area contributed by atoms with E-state index in [-0.39, 0.29) is 0 Å². The molecule has 118 valence electrons. The Labute approximate surface area is 127 Å². The maximum absolute atomic E-state index is 11.8. The van der Waals surface area contributed by atoms with Crippen molar-refractivity contribution in [2.75, 3.05) is 13.7 Å². The minimum Gasteiger partial charge on any atom is -0.454 e. The first-order valence-corrected chi connectivity index (χ1v) is 6.48. The molecule has 0 aromatic heterocycles. The van der Waals surface area contributed by atoms with Crippen LogP contribution in [-0.4, -0.2) is 43.5 Å². The number of nitrogens with one attached hydrogen (secondary N) is 3. The van der Waals surface area contributed by atoms with E-state index < -0.39 is 36.5 Å². The zero-order valence-electron chi connectivity index (χ0n) is 12.2. The topological polar surface area (TPSA) is 114 Å². The molecule has 1 unspecified atom stereocenters. The molecule has 0 bridgehead atoms. The summed E-state index contributed by atoms with van der Waals surface area (Å²) in [6.07, 6.45) is 0. The highest BCUT2D eigenvalue weighted by molar-refractivity contribution is 5.97. The number of carbonyl (C=O) groups is 4. The van der Waals surface area contributed by atoms with E-state index in [0.29, 0.717) is 5.56 Å². The van der Waals surface area contributed by atoms with Crippen LogP contribution in [0.4, 0.5) is 4.79 Å². The average molecular weight is 307 g/mol. The Kier molecular flexibility index (Phi) is 6.55. The van der Waals surface area contributed by atoms with Gasteiger partial charge in [-0.25, -0.2) is 9.59 Å². The van der Waals surface area contributed by atoms with Crippen LogP contribution >= 0.6 is 0 Å². The minimum absolute atomic E-state index is 0.402. The van der Waals surface area contributed by atoms with E-state index in [1.165, 1.54) is 14.0 Å². The van der Waals surface area contributed by atoms with Crippen LogP contribution in [-0.2, 0) is 14.3 Å². The zero-order chi connectivity index (χ0) is 16.5. The molecule has 0 aliphatic carbocycles. The molecule has 22 heavy (non-hydrogen) atoms. The fourth-order valence-electron chi connectivity index (χ4n) is 1.42. The Morgan fingerprint density at radius 3 is 2.36 bits per heavy atom. The molecule has 0 saturated carbocycles. The molecule has 4 amide bonds. The van der Waals surface area contributed by atoms with Gasteiger partial charge in [0.05, 0.1) is 0 Å². The van der Waals surface area contributed by atoms with E-state index in [4.69, 9.17) is 4.74 Å². The third-order valence-electron chi connectivity index (χ3n) is 2.56. The van der Waals surface area contributed by atoms with E-state index in [1.54, 1.807) is 30.3 Å². The first kappa shape index (κ1) is 17.2. The molecule has 8 nitrogen and oxygen atoms in total. The number of amides is 4. The number of hydrogen-bond acceptors (Lipinski definition) is 5. The molecular weight excluding hydrogens is 290 g/mol. The first-order valence-electron chi connectivity index (χ1n) is 6.48. The molecule has 3 N–H and O–H groups in total. The maximum atomic E-state index is 11.8. The molecule has 8 heteroatoms. The second kappa shape index (κ2) is 8.40. The van der Waals surface area contributed by atoms with Crippen molar-refractivity contribution in [1.82, 2.24) is 16.0 Å². The van der Waals surface area contributed by atoms with Crippen LogP contribution in [0.2, 0.25) is 0 Å². The Balaban J connectivity index is 2.41. The normalized spacial score (nSPS) is 11.0. The minimum atomic E-state index is -0.930. The van der Waals surface area contributed by atoms with Crippen molar-refractivity contribution in [2.45, 2.75) is 13.0 Å². The maximum Gasteiger partial charge on any atom is 0.328 e. The first-order chi connectivity index (χ1) is 10.4. The van der Waals surface area contributed by atoms with Gasteiger partial charge in [0, 0.05) is 12.6 Å². The molecule has 1 aromatic rings. The highest BCUT2D eigenvalue weighted by atomic mass is 16.5. The Hall–Kier alpha value is -2.90. The van der Waals surface area contributed by atoms with Crippen LogP contribution in [0, 0.1) is 0 Å². The molecule has 1 aromatic carbocycles. The largest absolute Gasteiger partial charge is 0.454 e. The van der Waals surface area contributed by atoms with Crippen LogP contribution < -0.4 is 16.0 Å². The van der Waals surface area contributed by atoms with E-state index in [0.717, 1.165) is 0 Å². The predicted octanol–water partition coefficient (Wildman–Crippen LogP) is -0.196. The summed E-state index contributed by atoms with van der Waals surface area (Å²) in [5, 5.41) is 6.57. The number of imide groups is 1. The van der Waals surface area contributed by atoms with Crippen LogP contribution in [0.15, 0.2) is 30.3 Å². The van der Waals surface area contributed by atoms with Crippen molar-refractivity contribution in [1.29, 1.82) is 0 Å². The number of ether oxygens (including phenoxy) is 1. The zero-order valence-corrected chi connectivity index (χ0v) is 12.2. The lowest BCUT2D eigenvalue weighted by atomic mass is 10.2. The van der Waals surface area contributed by atoms with Gasteiger partial charge in [0.2, 0.25) is 0 Å². The lowest BCUT2D eigenvalue weighted by Crippen LogP contribution is -2.43. The number of rotatable bonds is 5. The summed E-state index contributed by atoms with van der Waals surface area (Å²) in [5.74, 6) is -1.98. The smallest absolute Gasteiger partial charge is 0.328 e. The molecule has 0 aliphatic heterocycles. The average Bonchev–Trinajstić information content (AvgIpc) is 2.53. The quantitative estimate of drug-likeness (QED) is 0.652. The summed E-state index contributed by atoms with van der Waals surface area (Å²) in [5.41, 5.74) is 0.402. The highest BCUT2D eigenvalue weighted by Gasteiger charge is 2.19. The van der Waals surface area contributed by atoms with Gasteiger partial charge in [-0.2, -0.15) is 0 Å². The highest BCUT2D eigenvalue weighted by Crippen LogP contribution is 1.99. The molecule has 1 rings (SSSR count). The molecule has 0 aliphatic rings. The molecule has 0 saturated heterocycles. The number of hydrogen-bond donors (Lipinski definition) is 3. The summed E-state index contributed by atoms with van der Waals surface area (Å²) in [7, 11) is 1.34. The van der Waals surface area contributed by atoms with Crippen molar-refractivity contribution in [3.8, 4) is 0 Å². The molecule has 0 spiro atoms. The Morgan fingerprint density at radius 1 is 1.14 bits per heavy atom. The van der Waals surface area contributed by atoms with Gasteiger partial charge in [0.15, 0.2) is 6.61 Å². The number of carbonyl (C=O) groups excluding carboxylic acids is 4. The number of benzene rings is 1. The van der Waals surface area contributed by atoms with Crippen molar-refractivity contribution in [3.63, 3.8) is 0 Å². The molecule has 0 radical (unpaired) electrons. The monoisotopic (exact) mass is 307 g/mol. The third-order valence-corrected chi connectivity index (χ3v) is 2.56. The van der Waals surface area contributed by atoms with Gasteiger partial charge in [-0.1, -0.05) is 18.2 Å². The van der Waals surface area contributed by atoms with Gasteiger partial charge in [0.1, 0.15) is 6.04 Å². The summed E-state index contributed by atoms with van der Waals surface area (Å²) in [6, 6.07) is 6.72. The van der Waals surface area contributed by atoms with Crippen molar-refractivity contribution in [3.05, 3.63) is 35.9 Å². The fourth-order valence-corrected chi connectivity index (χ4v) is 1.42. The molecule has 1 atom stereocenters. The van der Waals surface area contributed by atoms with Crippen molar-refractivity contribution >= 4 is 23.8 Å². The molecular formula is C14H17N3O5. The van der Waals surface area contributed by atoms with Crippen LogP contribution in [0.5, 0.6) is 0 Å². The summed E-state index contributed by atoms with van der Waals surface area (Å²) >= 11 is 0. The van der Waals surface area contributed by atoms with Crippen LogP contribution in [0.3, 0.4) is 0 Å². The van der Waals surface area contributed by atoms with E-state index in [2.05, 4.69) is 10.6 Å². The van der Waals surface area contributed by atoms with Gasteiger partial charge in [-0.05, 0) is 19.1 Å². The van der Waals surface area contributed by atoms with Gasteiger partial charge in [-0.15, -0.1) is 0 Å². The molecule has 0 heterocycles. The summed E-state index contributed by atoms with van der Waals surface area (Å²) in [6.45, 7) is 0.817. The Bertz CT molecular complexity index is 559. The van der Waals surface area contributed by atoms with Gasteiger partial charge < -0.3 is 15.4 Å². The SMILES string of the molecule is CNC(=O)NC(=O)COC(=O)C(C)NC(=O)c1ccccc1. The molecule has 0 fully saturated rings. The summed E-state index contributed by atoms with van der Waals surface area (Å²) in [4.78, 5) is 45.6. The van der Waals surface area contributed by atoms with Crippen molar-refractivity contribution < 1.29 is 23.9 Å². The third kappa shape index (κ3) is 5.61. The number of esters is 1. The lowest BCUT2D eigenvalue weighted by molar-refractivity contribution is -0.149. The Morgan fingerprint density at radius 2 is 1.77 bits per heavy atom. The van der Waals surface area contributed by atoms with Gasteiger partial charge in [0.25, 0.3) is 11.8 Å². The van der Waals surface area contributed by atoms with E-state index in [9.17, 15) is 19.2 Å². The van der Waals surface area contributed by atoms with Crippen LogP contribution in [0.25, 0.3) is 0 Å². The summed E-state index contributed by atoms with van der Waals surface area (Å²) < 4.78 is 4.70. The van der Waals surface area contributed by atoms with Gasteiger partial charge >= 0.3 is 12.0 Å². The fraction of sp³-hybridized carbons (Fsp3) is 0.286. The second-order valence-corrected chi connectivity index (χ2v) is 4.30. The standard InChI is InChI=1S/C14H17N3O5/c1-9(16-12(19)10-6-4-3-5-7-10)13(20)22-8-11(18)17-14(21)15-2/h3-7,9H,8H2,1-2H3,(H,16,19)(H2,15,17,18,21). The second-order valence-electron chi connectivity index (χ2n) is 4.30.